The Morgan fingerprint density at radius 3 is 1.69 bits per heavy atom. The van der Waals surface area contributed by atoms with Crippen molar-refractivity contribution >= 4 is 118 Å². The molecule has 33 heteroatoms. The molecular weight excluding hydrogens is 1300 g/mol. The van der Waals surface area contributed by atoms with E-state index in [2.05, 4.69) is 72.8 Å². The first-order chi connectivity index (χ1) is 45.5. The van der Waals surface area contributed by atoms with Gasteiger partial charge in [0.1, 0.15) is 60.1 Å². The molecule has 2 fully saturated rings. The number of benzene rings is 3. The number of nitrogens with two attached hydrogens (primary N) is 3. The van der Waals surface area contributed by atoms with Crippen LogP contribution >= 0.6 is 24.8 Å². The van der Waals surface area contributed by atoms with E-state index in [9.17, 15) is 53.4 Å². The molecule has 0 radical (unpaired) electrons. The fourth-order valence-electron chi connectivity index (χ4n) is 11.5. The third kappa shape index (κ3) is 21.4. The van der Waals surface area contributed by atoms with E-state index >= 15 is 9.59 Å². The van der Waals surface area contributed by atoms with E-state index in [1.807, 2.05) is 0 Å². The molecule has 6 aromatic rings. The third-order valence-corrected chi connectivity index (χ3v) is 16.4. The predicted molar refractivity (Wildman–Crippen MR) is 361 cm³/mol. The van der Waals surface area contributed by atoms with Gasteiger partial charge in [-0.15, -0.1) is 24.8 Å². The van der Waals surface area contributed by atoms with E-state index in [4.69, 9.17) is 17.2 Å². The summed E-state index contributed by atoms with van der Waals surface area (Å²) in [6.07, 6.45) is 6.51. The smallest absolute Gasteiger partial charge is 0.245 e. The average molecular weight is 1380 g/mol. The van der Waals surface area contributed by atoms with Crippen molar-refractivity contribution in [3.8, 4) is 5.75 Å². The number of H-pyrrole nitrogens is 3. The van der Waals surface area contributed by atoms with E-state index in [0.717, 1.165) is 0 Å². The molecule has 522 valence electrons. The van der Waals surface area contributed by atoms with Crippen LogP contribution in [-0.4, -0.2) is 187 Å². The van der Waals surface area contributed by atoms with E-state index < -0.39 is 127 Å². The number of halogens is 2. The maximum atomic E-state index is 15.1. The highest BCUT2D eigenvalue weighted by Crippen LogP contribution is 2.24. The number of aromatic hydroxyl groups is 1. The summed E-state index contributed by atoms with van der Waals surface area (Å²) in [5, 5.41) is 46.5. The molecule has 11 amide bonds. The summed E-state index contributed by atoms with van der Waals surface area (Å²) in [6, 6.07) is 7.78. The summed E-state index contributed by atoms with van der Waals surface area (Å²) >= 11 is 0. The minimum Gasteiger partial charge on any atom is -0.508 e. The lowest BCUT2D eigenvalue weighted by Gasteiger charge is -2.30. The van der Waals surface area contributed by atoms with E-state index in [1.54, 1.807) is 74.8 Å². The van der Waals surface area contributed by atoms with Gasteiger partial charge in [-0.3, -0.25) is 57.7 Å². The molecule has 0 spiro atoms. The number of nitrogens with zero attached hydrogens (tertiary/aromatic N) is 3. The first-order valence-electron chi connectivity index (χ1n) is 31.3. The number of guanidine groups is 1. The standard InChI is InChI=1S/C64H82N18O13.2ClH/c1-34(2)23-46(56(88)75-45(13-7-21-69-64(66)67)63(95)82-22-8-14-52(82)62(94)72-31-53(65)85)76-58(90)48(25-36-28-70-42-11-5-3-9-40(36)42)78-57(89)47(24-35-15-17-39(84)18-16-35)77-61(93)51(32-83)81-59(91)49(26-37-29-71-43-12-6-4-10-41(37)43)79-60(92)50(27-38-30-68-33-73-38)80-55(87)44-19-20-54(86)74-44;;/h3-6,9-12,15-18,28-30,33-34,44-52,70-71,83-84H,7-8,13-14,19-27,31-32H2,1-2H3,(H2,65,85)(H,68,73)(H,72,94)(H,74,86)(H,75,88)(H,76,90)(H,77,93)(H,78,89)(H,79,92)(H,80,87)(H,81,91)(H4,66,67,69);2*1H/t44-,45-,46-,47-,48+,49-,50-,51-,52-;;/m0../s1. The van der Waals surface area contributed by atoms with Crippen LogP contribution in [0.15, 0.2) is 103 Å². The Labute approximate surface area is 569 Å². The number of carbonyl (C=O) groups excluding carboxylic acids is 11. The fourth-order valence-corrected chi connectivity index (χ4v) is 11.5. The molecule has 3 aromatic heterocycles. The number of aromatic amines is 3. The molecular formula is C64H84Cl2N18O13. The summed E-state index contributed by atoms with van der Waals surface area (Å²) in [6.45, 7) is 2.33. The van der Waals surface area contributed by atoms with Crippen LogP contribution in [0.5, 0.6) is 5.75 Å². The number of phenolic OH excluding ortho intramolecular Hbond substituents is 1. The largest absolute Gasteiger partial charge is 0.508 e. The first-order valence-corrected chi connectivity index (χ1v) is 31.3. The zero-order chi connectivity index (χ0) is 68.3. The summed E-state index contributed by atoms with van der Waals surface area (Å²) in [7, 11) is 0. The highest BCUT2D eigenvalue weighted by Gasteiger charge is 2.40. The number of fused-ring (bicyclic) bond motifs is 2. The van der Waals surface area contributed by atoms with Crippen molar-refractivity contribution in [3.63, 3.8) is 0 Å². The lowest BCUT2D eigenvalue weighted by atomic mass is 9.99. The Morgan fingerprint density at radius 2 is 1.16 bits per heavy atom. The number of aliphatic imine (C=N–C) groups is 1. The molecule has 0 bridgehead atoms. The zero-order valence-corrected chi connectivity index (χ0v) is 55.0. The summed E-state index contributed by atoms with van der Waals surface area (Å²) in [5.74, 6) is -9.04. The number of amides is 11. The summed E-state index contributed by atoms with van der Waals surface area (Å²) in [4.78, 5) is 172. The SMILES string of the molecule is CC(C)C[C@H](NC(=O)[C@@H](Cc1c[nH]c2ccccc12)NC(=O)[C@H](Cc1ccc(O)cc1)NC(=O)[C@H](CO)NC(=O)[C@H](Cc1c[nH]c2ccccc12)NC(=O)[C@H](Cc1cnc[nH]1)NC(=O)[C@@H]1CCC(=O)N1)C(=O)N[C@@H](CCCN=C(N)N)C(=O)N1CCC[C@H]1C(=O)NCC(N)=O.Cl.Cl. The van der Waals surface area contributed by atoms with Gasteiger partial charge in [0.05, 0.1) is 19.5 Å². The Morgan fingerprint density at radius 1 is 0.639 bits per heavy atom. The highest BCUT2D eigenvalue weighted by atomic mass is 35.5. The van der Waals surface area contributed by atoms with Crippen molar-refractivity contribution < 1.29 is 63.0 Å². The molecule has 20 N–H and O–H groups in total. The van der Waals surface area contributed by atoms with Gasteiger partial charge in [0.15, 0.2) is 5.96 Å². The topological polar surface area (TPSA) is 490 Å². The number of aromatic nitrogens is 4. The number of rotatable bonds is 33. The number of hydrogen-bond donors (Lipinski definition) is 17. The van der Waals surface area contributed by atoms with Crippen LogP contribution < -0.4 is 65.1 Å². The number of phenols is 1. The van der Waals surface area contributed by atoms with Crippen molar-refractivity contribution in [1.82, 2.24) is 72.7 Å². The van der Waals surface area contributed by atoms with Gasteiger partial charge in [0, 0.05) is 91.3 Å². The van der Waals surface area contributed by atoms with E-state index in [0.29, 0.717) is 50.6 Å². The van der Waals surface area contributed by atoms with Crippen molar-refractivity contribution in [2.45, 2.75) is 139 Å². The number of para-hydroxylation sites is 2. The molecule has 0 unspecified atom stereocenters. The molecule has 0 aliphatic carbocycles. The molecule has 31 nitrogen and oxygen atoms in total. The second kappa shape index (κ2) is 36.0. The molecule has 0 saturated carbocycles. The lowest BCUT2D eigenvalue weighted by molar-refractivity contribution is -0.142. The van der Waals surface area contributed by atoms with Crippen LogP contribution in [0, 0.1) is 5.92 Å². The molecule has 5 heterocycles. The van der Waals surface area contributed by atoms with Crippen LogP contribution in [0.2, 0.25) is 0 Å². The molecule has 2 aliphatic heterocycles. The molecule has 2 aliphatic rings. The highest BCUT2D eigenvalue weighted by molar-refractivity contribution is 6.00. The van der Waals surface area contributed by atoms with Gasteiger partial charge < -0.3 is 95.1 Å². The predicted octanol–water partition coefficient (Wildman–Crippen LogP) is -1.45. The second-order valence-electron chi connectivity index (χ2n) is 24.0. The maximum Gasteiger partial charge on any atom is 0.245 e. The number of likely N-dealkylation sites (tertiary alicyclic amines) is 1. The van der Waals surface area contributed by atoms with E-state index in [1.165, 1.54) is 41.7 Å². The molecule has 3 aromatic carbocycles. The number of aliphatic hydroxyl groups excluding tert-OH is 1. The van der Waals surface area contributed by atoms with Crippen LogP contribution in [0.4, 0.5) is 0 Å². The number of aliphatic hydroxyl groups is 1. The van der Waals surface area contributed by atoms with Crippen LogP contribution in [0.3, 0.4) is 0 Å². The van der Waals surface area contributed by atoms with E-state index in [-0.39, 0.29) is 126 Å². The number of carbonyl (C=O) groups is 11. The van der Waals surface area contributed by atoms with Gasteiger partial charge in [0.25, 0.3) is 0 Å². The van der Waals surface area contributed by atoms with Gasteiger partial charge in [-0.1, -0.05) is 62.4 Å². The molecule has 2 saturated heterocycles. The van der Waals surface area contributed by atoms with Crippen molar-refractivity contribution in [2.75, 3.05) is 26.2 Å². The normalized spacial score (nSPS) is 16.3. The number of nitrogens with one attached hydrogen (secondary N) is 12. The monoisotopic (exact) mass is 1380 g/mol. The Balaban J connectivity index is 0.00000743. The zero-order valence-electron chi connectivity index (χ0n) is 53.4. The van der Waals surface area contributed by atoms with Gasteiger partial charge in [0.2, 0.25) is 65.0 Å². The van der Waals surface area contributed by atoms with Gasteiger partial charge >= 0.3 is 0 Å². The van der Waals surface area contributed by atoms with Gasteiger partial charge in [-0.25, -0.2) is 4.98 Å². The third-order valence-electron chi connectivity index (χ3n) is 16.4. The molecule has 97 heavy (non-hydrogen) atoms. The second-order valence-corrected chi connectivity index (χ2v) is 24.0. The minimum absolute atomic E-state index is 0. The summed E-state index contributed by atoms with van der Waals surface area (Å²) < 4.78 is 0. The number of imidazole rings is 1. The number of hydrogen-bond acceptors (Lipinski definition) is 15. The Hall–Kier alpha value is -10.3. The van der Waals surface area contributed by atoms with Gasteiger partial charge in [-0.05, 0) is 85.4 Å². The van der Waals surface area contributed by atoms with Crippen molar-refractivity contribution in [1.29, 1.82) is 0 Å². The molecule has 9 atom stereocenters. The van der Waals surface area contributed by atoms with Crippen LogP contribution in [0.25, 0.3) is 21.8 Å². The lowest BCUT2D eigenvalue weighted by Crippen LogP contribution is -2.61. The first kappa shape index (κ1) is 75.8. The summed E-state index contributed by atoms with van der Waals surface area (Å²) in [5.41, 5.74) is 19.8. The Kier molecular flexibility index (Phi) is 28.1. The van der Waals surface area contributed by atoms with Crippen LogP contribution in [-0.2, 0) is 78.4 Å². The minimum atomic E-state index is -1.80. The molecule has 8 rings (SSSR count). The van der Waals surface area contributed by atoms with Crippen molar-refractivity contribution in [2.24, 2.45) is 28.1 Å². The van der Waals surface area contributed by atoms with Gasteiger partial charge in [-0.2, -0.15) is 0 Å². The maximum absolute atomic E-state index is 15.1. The average Bonchev–Trinajstić information content (AvgIpc) is 1.74. The number of primary amides is 1. The quantitative estimate of drug-likeness (QED) is 0.0127. The van der Waals surface area contributed by atoms with Crippen molar-refractivity contribution in [3.05, 3.63) is 120 Å². The van der Waals surface area contributed by atoms with Crippen LogP contribution in [0.1, 0.15) is 81.2 Å². The fraction of sp³-hybridized carbons (Fsp3) is 0.422. The Bertz CT molecular complexity index is 3770.